The zero-order chi connectivity index (χ0) is 14.1. The van der Waals surface area contributed by atoms with Crippen LogP contribution in [0.1, 0.15) is 13.8 Å². The number of hydrogen-bond donors (Lipinski definition) is 0. The molecule has 18 heavy (non-hydrogen) atoms. The molecular formula is C11H22N4O2S. The third kappa shape index (κ3) is 3.09. The molecule has 0 atom stereocenters. The molecule has 1 aromatic heterocycles. The molecule has 0 unspecified atom stereocenters. The number of hydrogen-bond acceptors (Lipinski definition) is 4. The van der Waals surface area contributed by atoms with Gasteiger partial charge >= 0.3 is 0 Å². The standard InChI is InChI=1S/C11H22N4O2S/c1-11(2,9-13(3)4)15-8-10(7-12-15)18(16,17)14(5)6/h7-8H,9H2,1-6H3. The first kappa shape index (κ1) is 15.1. The molecule has 0 saturated heterocycles. The number of rotatable bonds is 5. The van der Waals surface area contributed by atoms with E-state index < -0.39 is 10.0 Å². The van der Waals surface area contributed by atoms with E-state index in [2.05, 4.69) is 5.10 Å². The Morgan fingerprint density at radius 1 is 1.28 bits per heavy atom. The molecule has 0 fully saturated rings. The van der Waals surface area contributed by atoms with E-state index in [9.17, 15) is 8.42 Å². The van der Waals surface area contributed by atoms with Gasteiger partial charge in [-0.2, -0.15) is 5.10 Å². The normalized spacial score (nSPS) is 13.6. The Labute approximate surface area is 109 Å². The molecule has 0 aromatic carbocycles. The molecule has 0 radical (unpaired) electrons. The highest BCUT2D eigenvalue weighted by atomic mass is 32.2. The molecule has 1 heterocycles. The van der Waals surface area contributed by atoms with Gasteiger partial charge in [0.05, 0.1) is 11.7 Å². The van der Waals surface area contributed by atoms with Crippen molar-refractivity contribution >= 4 is 10.0 Å². The molecule has 0 N–H and O–H groups in total. The number of likely N-dealkylation sites (N-methyl/N-ethyl adjacent to an activating group) is 1. The summed E-state index contributed by atoms with van der Waals surface area (Å²) in [6.07, 6.45) is 2.98. The van der Waals surface area contributed by atoms with Crippen molar-refractivity contribution in [3.8, 4) is 0 Å². The van der Waals surface area contributed by atoms with Gasteiger partial charge in [-0.3, -0.25) is 4.68 Å². The smallest absolute Gasteiger partial charge is 0.245 e. The first-order valence-corrected chi connectivity index (χ1v) is 7.14. The van der Waals surface area contributed by atoms with Gasteiger partial charge in [-0.25, -0.2) is 12.7 Å². The van der Waals surface area contributed by atoms with Crippen molar-refractivity contribution in [2.75, 3.05) is 34.7 Å². The lowest BCUT2D eigenvalue weighted by molar-refractivity contribution is 0.223. The zero-order valence-electron chi connectivity index (χ0n) is 11.9. The van der Waals surface area contributed by atoms with Gasteiger partial charge < -0.3 is 4.90 Å². The second-order valence-corrected chi connectivity index (χ2v) is 7.61. The fourth-order valence-electron chi connectivity index (χ4n) is 1.83. The van der Waals surface area contributed by atoms with Gasteiger partial charge in [0, 0.05) is 26.8 Å². The third-order valence-corrected chi connectivity index (χ3v) is 4.43. The molecule has 1 aromatic rings. The summed E-state index contributed by atoms with van der Waals surface area (Å²) in [6.45, 7) is 4.81. The van der Waals surface area contributed by atoms with Crippen molar-refractivity contribution in [3.05, 3.63) is 12.4 Å². The van der Waals surface area contributed by atoms with E-state index in [-0.39, 0.29) is 10.4 Å². The van der Waals surface area contributed by atoms with E-state index in [0.717, 1.165) is 6.54 Å². The maximum atomic E-state index is 12.0. The largest absolute Gasteiger partial charge is 0.307 e. The van der Waals surface area contributed by atoms with Crippen molar-refractivity contribution in [3.63, 3.8) is 0 Å². The van der Waals surface area contributed by atoms with Gasteiger partial charge in [0.1, 0.15) is 4.90 Å². The fourth-order valence-corrected chi connectivity index (χ4v) is 2.66. The molecule has 0 spiro atoms. The predicted octanol–water partition coefficient (Wildman–Crippen LogP) is 0.430. The number of nitrogens with zero attached hydrogens (tertiary/aromatic N) is 4. The highest BCUT2D eigenvalue weighted by molar-refractivity contribution is 7.89. The van der Waals surface area contributed by atoms with Crippen LogP contribution in [0, 0.1) is 0 Å². The maximum Gasteiger partial charge on any atom is 0.245 e. The van der Waals surface area contributed by atoms with Gasteiger partial charge in [-0.05, 0) is 27.9 Å². The van der Waals surface area contributed by atoms with E-state index in [1.165, 1.54) is 24.6 Å². The maximum absolute atomic E-state index is 12.0. The van der Waals surface area contributed by atoms with Crippen LogP contribution in [0.25, 0.3) is 0 Å². The second kappa shape index (κ2) is 4.99. The zero-order valence-corrected chi connectivity index (χ0v) is 12.7. The van der Waals surface area contributed by atoms with E-state index in [1.807, 2.05) is 32.8 Å². The van der Waals surface area contributed by atoms with E-state index in [0.29, 0.717) is 0 Å². The molecule has 6 nitrogen and oxygen atoms in total. The Bertz CT molecular complexity index is 503. The van der Waals surface area contributed by atoms with Crippen molar-refractivity contribution in [1.82, 2.24) is 19.0 Å². The van der Waals surface area contributed by atoms with Crippen LogP contribution < -0.4 is 0 Å². The van der Waals surface area contributed by atoms with Gasteiger partial charge in [0.15, 0.2) is 0 Å². The average Bonchev–Trinajstić information content (AvgIpc) is 2.64. The van der Waals surface area contributed by atoms with Crippen LogP contribution in [0.5, 0.6) is 0 Å². The first-order valence-electron chi connectivity index (χ1n) is 5.70. The Hall–Kier alpha value is -0.920. The molecule has 0 bridgehead atoms. The SMILES string of the molecule is CN(C)CC(C)(C)n1cc(S(=O)(=O)N(C)C)cn1. The van der Waals surface area contributed by atoms with Gasteiger partial charge in [-0.1, -0.05) is 0 Å². The molecule has 0 saturated carbocycles. The Balaban J connectivity index is 3.08. The molecule has 1 rings (SSSR count). The van der Waals surface area contributed by atoms with Gasteiger partial charge in [0.2, 0.25) is 10.0 Å². The van der Waals surface area contributed by atoms with Crippen molar-refractivity contribution in [2.24, 2.45) is 0 Å². The molecule has 7 heteroatoms. The highest BCUT2D eigenvalue weighted by Gasteiger charge is 2.26. The summed E-state index contributed by atoms with van der Waals surface area (Å²) < 4.78 is 26.8. The molecule has 0 aliphatic carbocycles. The second-order valence-electron chi connectivity index (χ2n) is 5.46. The van der Waals surface area contributed by atoms with Gasteiger partial charge in [0.25, 0.3) is 0 Å². The lowest BCUT2D eigenvalue weighted by atomic mass is 10.1. The van der Waals surface area contributed by atoms with Gasteiger partial charge in [-0.15, -0.1) is 0 Å². The van der Waals surface area contributed by atoms with Crippen molar-refractivity contribution < 1.29 is 8.42 Å². The number of aromatic nitrogens is 2. The Kier molecular flexibility index (Phi) is 4.19. The lowest BCUT2D eigenvalue weighted by Crippen LogP contribution is -2.38. The summed E-state index contributed by atoms with van der Waals surface area (Å²) in [7, 11) is 3.56. The Morgan fingerprint density at radius 2 is 1.83 bits per heavy atom. The van der Waals surface area contributed by atoms with Crippen LogP contribution in [-0.2, 0) is 15.6 Å². The van der Waals surface area contributed by atoms with Crippen LogP contribution in [0.2, 0.25) is 0 Å². The minimum Gasteiger partial charge on any atom is -0.307 e. The third-order valence-electron chi connectivity index (χ3n) is 2.66. The minimum atomic E-state index is -3.41. The molecule has 0 aliphatic rings. The first-order chi connectivity index (χ1) is 8.07. The summed E-state index contributed by atoms with van der Waals surface area (Å²) in [6, 6.07) is 0. The molecule has 0 amide bonds. The quantitative estimate of drug-likeness (QED) is 0.781. The Morgan fingerprint density at radius 3 is 2.28 bits per heavy atom. The van der Waals surface area contributed by atoms with Crippen LogP contribution in [0.3, 0.4) is 0 Å². The summed E-state index contributed by atoms with van der Waals surface area (Å²) in [5.41, 5.74) is -0.260. The highest BCUT2D eigenvalue weighted by Crippen LogP contribution is 2.19. The van der Waals surface area contributed by atoms with Crippen LogP contribution in [0.15, 0.2) is 17.3 Å². The summed E-state index contributed by atoms with van der Waals surface area (Å²) in [4.78, 5) is 2.27. The summed E-state index contributed by atoms with van der Waals surface area (Å²) in [5, 5.41) is 4.17. The van der Waals surface area contributed by atoms with E-state index in [1.54, 1.807) is 10.9 Å². The monoisotopic (exact) mass is 274 g/mol. The summed E-state index contributed by atoms with van der Waals surface area (Å²) in [5.74, 6) is 0. The molecule has 0 aliphatic heterocycles. The molecule has 104 valence electrons. The summed E-state index contributed by atoms with van der Waals surface area (Å²) >= 11 is 0. The average molecular weight is 274 g/mol. The van der Waals surface area contributed by atoms with Crippen molar-refractivity contribution in [2.45, 2.75) is 24.3 Å². The van der Waals surface area contributed by atoms with E-state index >= 15 is 0 Å². The number of sulfonamides is 1. The predicted molar refractivity (Wildman–Crippen MR) is 71.0 cm³/mol. The lowest BCUT2D eigenvalue weighted by Gasteiger charge is -2.28. The van der Waals surface area contributed by atoms with Crippen LogP contribution >= 0.6 is 0 Å². The van der Waals surface area contributed by atoms with Crippen LogP contribution in [0.4, 0.5) is 0 Å². The van der Waals surface area contributed by atoms with Crippen molar-refractivity contribution in [1.29, 1.82) is 0 Å². The topological polar surface area (TPSA) is 58.4 Å². The molecular weight excluding hydrogens is 252 g/mol. The van der Waals surface area contributed by atoms with Crippen LogP contribution in [-0.4, -0.2) is 62.1 Å². The minimum absolute atomic E-state index is 0.222. The van der Waals surface area contributed by atoms with E-state index in [4.69, 9.17) is 0 Å². The fraction of sp³-hybridized carbons (Fsp3) is 0.727.